The highest BCUT2D eigenvalue weighted by Crippen LogP contribution is 2.72. The molecule has 2 heterocycles. The van der Waals surface area contributed by atoms with Gasteiger partial charge in [0.1, 0.15) is 30.1 Å². The Hall–Kier alpha value is -4.33. The third kappa shape index (κ3) is 5.86. The monoisotopic (exact) mass is 822 g/mol. The van der Waals surface area contributed by atoms with E-state index < -0.39 is 49.9 Å². The summed E-state index contributed by atoms with van der Waals surface area (Å²) in [5.74, 6) is 0. The molecule has 0 radical (unpaired) electrons. The standard InChI is InChI=1S/C43H39N2O7PS3/c1-32-23-27-38(28-24-32)55(47,48)44-42(34-15-7-3-8-16-34,35-17-9-4-10-18-35)40-41(52-31-51-40)43(36-19-11-5-12-20-36,37-21-13-6-14-22-37)45(53(44,46)54)56(49,50)39-29-25-33(2)26-30-39/h3-30,40-41H,31H2,1-2H3,(H,46,54). The molecule has 6 aromatic carbocycles. The van der Waals surface area contributed by atoms with Gasteiger partial charge >= 0.3 is 0 Å². The van der Waals surface area contributed by atoms with E-state index in [0.29, 0.717) is 22.3 Å². The lowest BCUT2D eigenvalue weighted by molar-refractivity contribution is 0.00716. The number of fused-ring (bicyclic) bond motifs is 1. The van der Waals surface area contributed by atoms with E-state index in [4.69, 9.17) is 21.3 Å². The number of aryl methyl sites for hydroxylation is 2. The second-order valence-corrected chi connectivity index (χ2v) is 21.3. The molecule has 0 bridgehead atoms. The van der Waals surface area contributed by atoms with Crippen LogP contribution in [-0.2, 0) is 52.4 Å². The predicted octanol–water partition coefficient (Wildman–Crippen LogP) is 7.84. The molecule has 2 fully saturated rings. The van der Waals surface area contributed by atoms with Crippen molar-refractivity contribution in [2.24, 2.45) is 0 Å². The van der Waals surface area contributed by atoms with Gasteiger partial charge in [0.05, 0.1) is 9.79 Å². The molecular formula is C43H39N2O7PS3. The van der Waals surface area contributed by atoms with Crippen LogP contribution in [0.4, 0.5) is 0 Å². The first-order valence-corrected chi connectivity index (χ1v) is 23.5. The highest BCUT2D eigenvalue weighted by atomic mass is 32.5. The lowest BCUT2D eigenvalue weighted by atomic mass is 9.69. The van der Waals surface area contributed by atoms with Crippen molar-refractivity contribution in [1.29, 1.82) is 0 Å². The summed E-state index contributed by atoms with van der Waals surface area (Å²) in [5, 5.41) is 0. The summed E-state index contributed by atoms with van der Waals surface area (Å²) in [7, 11) is -9.92. The third-order valence-electron chi connectivity index (χ3n) is 10.6. The Morgan fingerprint density at radius 3 is 1.05 bits per heavy atom. The van der Waals surface area contributed by atoms with E-state index in [1.165, 1.54) is 24.3 Å². The van der Waals surface area contributed by atoms with Crippen LogP contribution in [0.15, 0.2) is 180 Å². The van der Waals surface area contributed by atoms with Crippen LogP contribution >= 0.6 is 6.57 Å². The van der Waals surface area contributed by atoms with E-state index in [2.05, 4.69) is 0 Å². The Balaban J connectivity index is 1.64. The van der Waals surface area contributed by atoms with E-state index in [-0.39, 0.29) is 16.6 Å². The largest absolute Gasteiger partial charge is 0.347 e. The number of hydrogen-bond donors (Lipinski definition) is 1. The van der Waals surface area contributed by atoms with Crippen LogP contribution in [-0.4, -0.2) is 48.9 Å². The molecule has 2 aliphatic heterocycles. The Kier molecular flexibility index (Phi) is 10.0. The first kappa shape index (κ1) is 38.5. The van der Waals surface area contributed by atoms with Crippen LogP contribution in [0.5, 0.6) is 0 Å². The van der Waals surface area contributed by atoms with Crippen LogP contribution in [0.1, 0.15) is 33.4 Å². The zero-order valence-corrected chi connectivity index (χ0v) is 33.8. The first-order valence-electron chi connectivity index (χ1n) is 17.9. The summed E-state index contributed by atoms with van der Waals surface area (Å²) < 4.78 is 79.1. The molecule has 2 unspecified atom stereocenters. The number of rotatable bonds is 8. The normalized spacial score (nSPS) is 22.6. The van der Waals surface area contributed by atoms with Gasteiger partial charge in [-0.1, -0.05) is 157 Å². The molecule has 6 aromatic rings. The fraction of sp³-hybridized carbons (Fsp3) is 0.163. The number of nitrogens with zero attached hydrogens (tertiary/aromatic N) is 2. The summed E-state index contributed by atoms with van der Waals surface area (Å²) in [6.45, 7) is -1.92. The maximum atomic E-state index is 16.0. The van der Waals surface area contributed by atoms with Gasteiger partial charge in [0.2, 0.25) is 6.57 Å². The minimum atomic E-state index is -5.24. The fourth-order valence-corrected chi connectivity index (χ4v) is 18.4. The van der Waals surface area contributed by atoms with E-state index in [1.807, 2.05) is 13.8 Å². The molecule has 2 atom stereocenters. The minimum absolute atomic E-state index is 0.197. The molecule has 0 amide bonds. The van der Waals surface area contributed by atoms with Gasteiger partial charge in [0.25, 0.3) is 20.0 Å². The van der Waals surface area contributed by atoms with E-state index >= 15 is 16.8 Å². The number of sulfonamides is 2. The molecule has 2 aliphatic rings. The third-order valence-corrected chi connectivity index (χ3v) is 19.7. The molecule has 1 N–H and O–H groups in total. The lowest BCUT2D eigenvalue weighted by Gasteiger charge is -2.49. The quantitative estimate of drug-likeness (QED) is 0.155. The van der Waals surface area contributed by atoms with Gasteiger partial charge in [-0.25, -0.2) is 16.8 Å². The van der Waals surface area contributed by atoms with Gasteiger partial charge in [-0.2, -0.15) is 0 Å². The van der Waals surface area contributed by atoms with Crippen molar-refractivity contribution in [1.82, 2.24) is 8.15 Å². The number of benzene rings is 6. The maximum Gasteiger partial charge on any atom is 0.251 e. The van der Waals surface area contributed by atoms with Crippen LogP contribution in [0.3, 0.4) is 0 Å². The number of hydrogen-bond acceptors (Lipinski definition) is 7. The summed E-state index contributed by atoms with van der Waals surface area (Å²) >= 11 is 6.50. The van der Waals surface area contributed by atoms with Gasteiger partial charge < -0.3 is 14.4 Å². The molecule has 8 rings (SSSR count). The Labute approximate surface area is 333 Å². The van der Waals surface area contributed by atoms with Crippen molar-refractivity contribution < 1.29 is 31.2 Å². The van der Waals surface area contributed by atoms with Crippen molar-refractivity contribution in [3.05, 3.63) is 203 Å². The summed E-state index contributed by atoms with van der Waals surface area (Å²) in [6.07, 6.45) is -2.64. The predicted molar refractivity (Wildman–Crippen MR) is 219 cm³/mol. The second-order valence-electron chi connectivity index (χ2n) is 13.9. The Bertz CT molecular complexity index is 2360. The van der Waals surface area contributed by atoms with Gasteiger partial charge in [0.15, 0.2) is 0 Å². The van der Waals surface area contributed by atoms with Crippen LogP contribution in [0.25, 0.3) is 0 Å². The minimum Gasteiger partial charge on any atom is -0.347 e. The molecule has 2 saturated heterocycles. The molecule has 0 aromatic heterocycles. The molecule has 9 nitrogen and oxygen atoms in total. The topological polar surface area (TPSA) is 113 Å². The van der Waals surface area contributed by atoms with E-state index in [1.54, 1.807) is 146 Å². The van der Waals surface area contributed by atoms with Crippen molar-refractivity contribution >= 4 is 38.4 Å². The lowest BCUT2D eigenvalue weighted by Crippen LogP contribution is -2.60. The van der Waals surface area contributed by atoms with Gasteiger partial charge in [-0.15, -0.1) is 8.15 Å². The Morgan fingerprint density at radius 2 is 0.786 bits per heavy atom. The Morgan fingerprint density at radius 1 is 0.518 bits per heavy atom. The molecular weight excluding hydrogens is 784 g/mol. The van der Waals surface area contributed by atoms with Crippen LogP contribution in [0.2, 0.25) is 0 Å². The van der Waals surface area contributed by atoms with Gasteiger partial charge in [-0.3, -0.25) is 0 Å². The molecule has 13 heteroatoms. The molecule has 0 aliphatic carbocycles. The second kappa shape index (κ2) is 14.6. The summed E-state index contributed by atoms with van der Waals surface area (Å²) in [5.41, 5.74) is -0.919. The highest BCUT2D eigenvalue weighted by Gasteiger charge is 2.74. The molecule has 0 spiro atoms. The maximum absolute atomic E-state index is 16.0. The smallest absolute Gasteiger partial charge is 0.251 e. The summed E-state index contributed by atoms with van der Waals surface area (Å²) in [6, 6.07) is 47.6. The van der Waals surface area contributed by atoms with Crippen molar-refractivity contribution in [3.8, 4) is 0 Å². The van der Waals surface area contributed by atoms with E-state index in [0.717, 1.165) is 19.3 Å². The average molecular weight is 823 g/mol. The van der Waals surface area contributed by atoms with Crippen LogP contribution in [0, 0.1) is 13.8 Å². The zero-order chi connectivity index (χ0) is 39.3. The first-order chi connectivity index (χ1) is 26.9. The SMILES string of the molecule is Cc1ccc(S(=O)(=O)N2C(c3ccccc3)(c3ccccc3)C3OCOC3C(c3ccccc3)(c3ccccc3)N(S(=O)(=O)c3ccc(C)cc3)P2(O)=S)cc1. The van der Waals surface area contributed by atoms with Crippen molar-refractivity contribution in [3.63, 3.8) is 0 Å². The van der Waals surface area contributed by atoms with Gasteiger partial charge in [-0.05, 0) is 72.2 Å². The van der Waals surface area contributed by atoms with E-state index in [9.17, 15) is 4.89 Å². The molecule has 286 valence electrons. The molecule has 56 heavy (non-hydrogen) atoms. The zero-order valence-electron chi connectivity index (χ0n) is 30.5. The summed E-state index contributed by atoms with van der Waals surface area (Å²) in [4.78, 5) is 13.6. The van der Waals surface area contributed by atoms with Crippen molar-refractivity contribution in [2.75, 3.05) is 6.79 Å². The average Bonchev–Trinajstić information content (AvgIpc) is 3.68. The highest BCUT2D eigenvalue weighted by molar-refractivity contribution is 8.18. The van der Waals surface area contributed by atoms with Crippen molar-refractivity contribution in [2.45, 2.75) is 46.9 Å². The molecule has 0 saturated carbocycles. The van der Waals surface area contributed by atoms with Crippen LogP contribution < -0.4 is 0 Å². The number of ether oxygens (including phenoxy) is 2. The van der Waals surface area contributed by atoms with Gasteiger partial charge in [0, 0.05) is 0 Å². The fourth-order valence-electron chi connectivity index (χ4n) is 8.22.